The standard InChI is InChI=1S/C11H7ClN2S/c12-9-3-1-8(2-4-9)11-14-7-10(15-11)5-6-13/h1-4,7H,5H2. The van der Waals surface area contributed by atoms with E-state index >= 15 is 0 Å². The summed E-state index contributed by atoms with van der Waals surface area (Å²) in [6, 6.07) is 9.63. The number of hydrogen-bond acceptors (Lipinski definition) is 3. The summed E-state index contributed by atoms with van der Waals surface area (Å²) in [6.07, 6.45) is 2.17. The third-order valence-electron chi connectivity index (χ3n) is 1.90. The molecule has 1 aromatic carbocycles. The number of nitriles is 1. The SMILES string of the molecule is N#CCc1cnc(-c2ccc(Cl)cc2)s1. The first kappa shape index (κ1) is 10.2. The summed E-state index contributed by atoms with van der Waals surface area (Å²) in [5.41, 5.74) is 1.04. The number of halogens is 1. The normalized spacial score (nSPS) is 9.87. The first-order valence-corrected chi connectivity index (χ1v) is 5.56. The van der Waals surface area contributed by atoms with Crippen LogP contribution in [0.4, 0.5) is 0 Å². The van der Waals surface area contributed by atoms with Gasteiger partial charge >= 0.3 is 0 Å². The van der Waals surface area contributed by atoms with Crippen molar-refractivity contribution in [2.75, 3.05) is 0 Å². The molecule has 0 aliphatic heterocycles. The summed E-state index contributed by atoms with van der Waals surface area (Å²) in [4.78, 5) is 5.25. The Kier molecular flexibility index (Phi) is 3.00. The van der Waals surface area contributed by atoms with Gasteiger partial charge in [-0.25, -0.2) is 4.98 Å². The lowest BCUT2D eigenvalue weighted by Gasteiger charge is -1.94. The number of thiazole rings is 1. The van der Waals surface area contributed by atoms with Gasteiger partial charge in [-0.2, -0.15) is 5.26 Å². The fourth-order valence-electron chi connectivity index (χ4n) is 1.19. The average molecular weight is 235 g/mol. The third kappa shape index (κ3) is 2.35. The van der Waals surface area contributed by atoms with E-state index < -0.39 is 0 Å². The summed E-state index contributed by atoms with van der Waals surface area (Å²) < 4.78 is 0. The van der Waals surface area contributed by atoms with Gasteiger partial charge in [0.15, 0.2) is 0 Å². The lowest BCUT2D eigenvalue weighted by atomic mass is 10.2. The largest absolute Gasteiger partial charge is 0.244 e. The van der Waals surface area contributed by atoms with Crippen LogP contribution in [0.3, 0.4) is 0 Å². The van der Waals surface area contributed by atoms with Crippen LogP contribution >= 0.6 is 22.9 Å². The number of rotatable bonds is 2. The topological polar surface area (TPSA) is 36.7 Å². The highest BCUT2D eigenvalue weighted by molar-refractivity contribution is 7.15. The van der Waals surface area contributed by atoms with E-state index in [9.17, 15) is 0 Å². The van der Waals surface area contributed by atoms with Gasteiger partial charge in [0.1, 0.15) is 5.01 Å². The predicted octanol–water partition coefficient (Wildman–Crippen LogP) is 3.53. The molecule has 0 saturated heterocycles. The lowest BCUT2D eigenvalue weighted by molar-refractivity contribution is 1.28. The van der Waals surface area contributed by atoms with Gasteiger partial charge in [0, 0.05) is 21.7 Å². The molecule has 4 heteroatoms. The van der Waals surface area contributed by atoms with Crippen molar-refractivity contribution in [3.8, 4) is 16.6 Å². The molecule has 1 aromatic heterocycles. The fourth-order valence-corrected chi connectivity index (χ4v) is 2.17. The number of hydrogen-bond donors (Lipinski definition) is 0. The van der Waals surface area contributed by atoms with E-state index in [0.717, 1.165) is 15.4 Å². The van der Waals surface area contributed by atoms with Crippen molar-refractivity contribution < 1.29 is 0 Å². The molecule has 74 valence electrons. The molecule has 0 aliphatic carbocycles. The Morgan fingerprint density at radius 2 is 2.07 bits per heavy atom. The quantitative estimate of drug-likeness (QED) is 0.797. The van der Waals surface area contributed by atoms with Crippen LogP contribution in [-0.4, -0.2) is 4.98 Å². The molecule has 0 spiro atoms. The minimum atomic E-state index is 0.422. The van der Waals surface area contributed by atoms with Crippen molar-refractivity contribution in [3.63, 3.8) is 0 Å². The van der Waals surface area contributed by atoms with Crippen LogP contribution in [0, 0.1) is 11.3 Å². The first-order chi connectivity index (χ1) is 7.29. The van der Waals surface area contributed by atoms with E-state index in [0.29, 0.717) is 11.4 Å². The molecule has 2 nitrogen and oxygen atoms in total. The Labute approximate surface area is 96.8 Å². The fraction of sp³-hybridized carbons (Fsp3) is 0.0909. The third-order valence-corrected chi connectivity index (χ3v) is 3.20. The second-order valence-electron chi connectivity index (χ2n) is 2.97. The zero-order chi connectivity index (χ0) is 10.7. The minimum absolute atomic E-state index is 0.422. The second-order valence-corrected chi connectivity index (χ2v) is 4.53. The van der Waals surface area contributed by atoms with E-state index in [2.05, 4.69) is 11.1 Å². The molecule has 2 aromatic rings. The van der Waals surface area contributed by atoms with E-state index in [1.807, 2.05) is 24.3 Å². The van der Waals surface area contributed by atoms with Crippen LogP contribution in [0.15, 0.2) is 30.5 Å². The van der Waals surface area contributed by atoms with Gasteiger partial charge in [0.05, 0.1) is 12.5 Å². The van der Waals surface area contributed by atoms with Crippen LogP contribution in [0.25, 0.3) is 10.6 Å². The maximum absolute atomic E-state index is 8.55. The summed E-state index contributed by atoms with van der Waals surface area (Å²) in [6.45, 7) is 0. The van der Waals surface area contributed by atoms with Gasteiger partial charge in [0.25, 0.3) is 0 Å². The Balaban J connectivity index is 2.30. The summed E-state index contributed by atoms with van der Waals surface area (Å²) in [7, 11) is 0. The Hall–Kier alpha value is -1.37. The molecule has 2 rings (SSSR count). The van der Waals surface area contributed by atoms with Crippen LogP contribution in [0.5, 0.6) is 0 Å². The highest BCUT2D eigenvalue weighted by Gasteiger charge is 2.03. The maximum atomic E-state index is 8.55. The molecular formula is C11H7ClN2S. The average Bonchev–Trinajstić information content (AvgIpc) is 2.68. The second kappa shape index (κ2) is 4.43. The number of benzene rings is 1. The van der Waals surface area contributed by atoms with Crippen molar-refractivity contribution >= 4 is 22.9 Å². The molecule has 0 N–H and O–H groups in total. The van der Waals surface area contributed by atoms with Gasteiger partial charge in [0.2, 0.25) is 0 Å². The van der Waals surface area contributed by atoms with Crippen molar-refractivity contribution in [2.45, 2.75) is 6.42 Å². The van der Waals surface area contributed by atoms with Gasteiger partial charge in [-0.1, -0.05) is 23.7 Å². The zero-order valence-corrected chi connectivity index (χ0v) is 9.35. The number of aromatic nitrogens is 1. The summed E-state index contributed by atoms with van der Waals surface area (Å²) >= 11 is 7.33. The van der Waals surface area contributed by atoms with Crippen molar-refractivity contribution in [1.82, 2.24) is 4.98 Å². The van der Waals surface area contributed by atoms with Crippen LogP contribution in [0.1, 0.15) is 4.88 Å². The van der Waals surface area contributed by atoms with E-state index in [1.54, 1.807) is 6.20 Å². The summed E-state index contributed by atoms with van der Waals surface area (Å²) in [5.74, 6) is 0. The monoisotopic (exact) mass is 234 g/mol. The zero-order valence-electron chi connectivity index (χ0n) is 7.77. The predicted molar refractivity (Wildman–Crippen MR) is 61.9 cm³/mol. The molecule has 0 fully saturated rings. The van der Waals surface area contributed by atoms with Crippen LogP contribution in [-0.2, 0) is 6.42 Å². The molecule has 0 radical (unpaired) electrons. The molecule has 0 atom stereocenters. The van der Waals surface area contributed by atoms with Crippen molar-refractivity contribution in [1.29, 1.82) is 5.26 Å². The Morgan fingerprint density at radius 1 is 1.33 bits per heavy atom. The Bertz CT molecular complexity index is 496. The maximum Gasteiger partial charge on any atom is 0.123 e. The molecule has 0 unspecified atom stereocenters. The molecule has 15 heavy (non-hydrogen) atoms. The van der Waals surface area contributed by atoms with Crippen LogP contribution < -0.4 is 0 Å². The highest BCUT2D eigenvalue weighted by Crippen LogP contribution is 2.26. The van der Waals surface area contributed by atoms with Crippen molar-refractivity contribution in [3.05, 3.63) is 40.4 Å². The lowest BCUT2D eigenvalue weighted by Crippen LogP contribution is -1.73. The smallest absolute Gasteiger partial charge is 0.123 e. The summed E-state index contributed by atoms with van der Waals surface area (Å²) in [5, 5.41) is 10.2. The number of nitrogens with zero attached hydrogens (tertiary/aromatic N) is 2. The first-order valence-electron chi connectivity index (χ1n) is 4.37. The van der Waals surface area contributed by atoms with Gasteiger partial charge in [-0.3, -0.25) is 0 Å². The highest BCUT2D eigenvalue weighted by atomic mass is 35.5. The van der Waals surface area contributed by atoms with E-state index in [4.69, 9.17) is 16.9 Å². The molecule has 0 bridgehead atoms. The van der Waals surface area contributed by atoms with Crippen LogP contribution in [0.2, 0.25) is 5.02 Å². The molecule has 0 aliphatic rings. The minimum Gasteiger partial charge on any atom is -0.244 e. The van der Waals surface area contributed by atoms with Gasteiger partial charge < -0.3 is 0 Å². The Morgan fingerprint density at radius 3 is 2.73 bits per heavy atom. The molecule has 0 saturated carbocycles. The molecule has 0 amide bonds. The molecule has 1 heterocycles. The van der Waals surface area contributed by atoms with E-state index in [1.165, 1.54) is 11.3 Å². The van der Waals surface area contributed by atoms with Gasteiger partial charge in [-0.05, 0) is 12.1 Å². The van der Waals surface area contributed by atoms with Crippen molar-refractivity contribution in [2.24, 2.45) is 0 Å². The van der Waals surface area contributed by atoms with E-state index in [-0.39, 0.29) is 0 Å². The molecular weight excluding hydrogens is 228 g/mol. The van der Waals surface area contributed by atoms with Gasteiger partial charge in [-0.15, -0.1) is 11.3 Å².